The molecule has 0 bridgehead atoms. The van der Waals surface area contributed by atoms with Crippen molar-refractivity contribution < 1.29 is 24.2 Å². The van der Waals surface area contributed by atoms with Gasteiger partial charge >= 0.3 is 5.97 Å². The molecule has 0 unspecified atom stereocenters. The molecule has 2 aliphatic rings. The maximum absolute atomic E-state index is 13.0. The lowest BCUT2D eigenvalue weighted by molar-refractivity contribution is -0.148. The zero-order chi connectivity index (χ0) is 18.0. The number of nitrogens with zero attached hydrogens (tertiary/aromatic N) is 2. The van der Waals surface area contributed by atoms with Crippen LogP contribution in [0, 0.1) is 6.92 Å². The van der Waals surface area contributed by atoms with Crippen LogP contribution < -0.4 is 0 Å². The van der Waals surface area contributed by atoms with E-state index >= 15 is 0 Å². The van der Waals surface area contributed by atoms with Crippen LogP contribution in [0.5, 0.6) is 0 Å². The van der Waals surface area contributed by atoms with E-state index in [0.29, 0.717) is 24.2 Å². The lowest BCUT2D eigenvalue weighted by Gasteiger charge is -2.43. The number of fused-ring (bicyclic) bond motifs is 1. The summed E-state index contributed by atoms with van der Waals surface area (Å²) >= 11 is 0. The molecule has 2 fully saturated rings. The second-order valence-corrected chi connectivity index (χ2v) is 6.77. The molecule has 0 aromatic carbocycles. The van der Waals surface area contributed by atoms with Crippen LogP contribution in [0.1, 0.15) is 41.7 Å². The van der Waals surface area contributed by atoms with Gasteiger partial charge in [0.25, 0.3) is 5.91 Å². The van der Waals surface area contributed by atoms with E-state index in [-0.39, 0.29) is 30.3 Å². The molecule has 1 aromatic heterocycles. The quantitative estimate of drug-likeness (QED) is 0.870. The molecule has 7 heteroatoms. The Morgan fingerprint density at radius 1 is 1.44 bits per heavy atom. The van der Waals surface area contributed by atoms with Gasteiger partial charge in [-0.15, -0.1) is 0 Å². The number of aromatic nitrogens is 1. The molecule has 0 radical (unpaired) electrons. The van der Waals surface area contributed by atoms with Gasteiger partial charge in [-0.25, -0.2) is 4.79 Å². The Morgan fingerprint density at radius 2 is 2.24 bits per heavy atom. The van der Waals surface area contributed by atoms with Crippen LogP contribution in [-0.2, 0) is 14.3 Å². The highest BCUT2D eigenvalue weighted by atomic mass is 16.5. The predicted octanol–water partition coefficient (Wildman–Crippen LogP) is 1.64. The number of likely N-dealkylation sites (tertiary alicyclic amines) is 1. The van der Waals surface area contributed by atoms with Crippen LogP contribution in [0.2, 0.25) is 0 Å². The third kappa shape index (κ3) is 3.39. The maximum atomic E-state index is 13.0. The molecular formula is C18H24N2O5. The van der Waals surface area contributed by atoms with Crippen molar-refractivity contribution in [3.63, 3.8) is 0 Å². The molecule has 136 valence electrons. The summed E-state index contributed by atoms with van der Waals surface area (Å²) in [5, 5.41) is 8.83. The Bertz CT molecular complexity index is 665. The summed E-state index contributed by atoms with van der Waals surface area (Å²) in [6, 6.07) is 3.44. The monoisotopic (exact) mass is 348 g/mol. The lowest BCUT2D eigenvalue weighted by atomic mass is 9.79. The second-order valence-electron chi connectivity index (χ2n) is 6.77. The molecule has 7 nitrogen and oxygen atoms in total. The summed E-state index contributed by atoms with van der Waals surface area (Å²) in [7, 11) is 1.69. The second kappa shape index (κ2) is 7.09. The number of ether oxygens (including phenoxy) is 2. The summed E-state index contributed by atoms with van der Waals surface area (Å²) < 4.78 is 11.3. The van der Waals surface area contributed by atoms with Gasteiger partial charge in [-0.05, 0) is 44.7 Å². The first-order valence-electron chi connectivity index (χ1n) is 8.58. The number of carbonyl (C=O) groups excluding carboxylic acids is 1. The summed E-state index contributed by atoms with van der Waals surface area (Å²) in [5.41, 5.74) is 0.939. The first kappa shape index (κ1) is 17.8. The number of pyridine rings is 1. The largest absolute Gasteiger partial charge is 0.480 e. The third-order valence-corrected chi connectivity index (χ3v) is 5.48. The summed E-state index contributed by atoms with van der Waals surface area (Å²) in [4.78, 5) is 29.9. The van der Waals surface area contributed by atoms with Gasteiger partial charge in [0.05, 0.1) is 23.3 Å². The molecule has 3 atom stereocenters. The van der Waals surface area contributed by atoms with E-state index < -0.39 is 5.97 Å². The van der Waals surface area contributed by atoms with Crippen LogP contribution in [0.4, 0.5) is 0 Å². The highest BCUT2D eigenvalue weighted by Crippen LogP contribution is 2.43. The van der Waals surface area contributed by atoms with Gasteiger partial charge in [0.15, 0.2) is 0 Å². The Labute approximate surface area is 146 Å². The van der Waals surface area contributed by atoms with Crippen molar-refractivity contribution in [2.75, 3.05) is 20.3 Å². The smallest absolute Gasteiger partial charge is 0.329 e. The number of carbonyl (C=O) groups is 2. The number of hydrogen-bond acceptors (Lipinski definition) is 5. The minimum atomic E-state index is -0.978. The van der Waals surface area contributed by atoms with Gasteiger partial charge in [0.1, 0.15) is 6.61 Å². The summed E-state index contributed by atoms with van der Waals surface area (Å²) in [6.45, 7) is 2.14. The normalized spacial score (nSPS) is 28.6. The molecule has 1 amide bonds. The van der Waals surface area contributed by atoms with E-state index in [9.17, 15) is 9.59 Å². The van der Waals surface area contributed by atoms with Crippen molar-refractivity contribution >= 4 is 11.9 Å². The lowest BCUT2D eigenvalue weighted by Crippen LogP contribution is -2.53. The third-order valence-electron chi connectivity index (χ3n) is 5.48. The Kier molecular flexibility index (Phi) is 5.06. The first-order valence-corrected chi connectivity index (χ1v) is 8.58. The van der Waals surface area contributed by atoms with Crippen molar-refractivity contribution in [2.24, 2.45) is 0 Å². The number of methoxy groups -OCH3 is 1. The maximum Gasteiger partial charge on any atom is 0.329 e. The number of aryl methyl sites for hydroxylation is 1. The van der Waals surface area contributed by atoms with Crippen molar-refractivity contribution in [1.29, 1.82) is 0 Å². The van der Waals surface area contributed by atoms with E-state index in [2.05, 4.69) is 4.98 Å². The van der Waals surface area contributed by atoms with E-state index in [1.165, 1.54) is 0 Å². The molecule has 1 aliphatic carbocycles. The highest BCUT2D eigenvalue weighted by Gasteiger charge is 2.53. The van der Waals surface area contributed by atoms with E-state index in [4.69, 9.17) is 14.6 Å². The molecule has 2 heterocycles. The number of carboxylic acids is 1. The molecule has 1 aliphatic heterocycles. The van der Waals surface area contributed by atoms with Gasteiger partial charge in [-0.1, -0.05) is 0 Å². The van der Waals surface area contributed by atoms with E-state index in [1.807, 2.05) is 11.8 Å². The van der Waals surface area contributed by atoms with E-state index in [0.717, 1.165) is 19.3 Å². The molecule has 1 saturated heterocycles. The fraction of sp³-hybridized carbons (Fsp3) is 0.611. The van der Waals surface area contributed by atoms with Gasteiger partial charge in [0.2, 0.25) is 0 Å². The average Bonchev–Trinajstić information content (AvgIpc) is 2.99. The predicted molar refractivity (Wildman–Crippen MR) is 89.4 cm³/mol. The molecule has 1 aromatic rings. The van der Waals surface area contributed by atoms with Crippen LogP contribution >= 0.6 is 0 Å². The first-order chi connectivity index (χ1) is 12.0. The van der Waals surface area contributed by atoms with Crippen molar-refractivity contribution in [1.82, 2.24) is 9.88 Å². The Hall–Kier alpha value is -1.99. The summed E-state index contributed by atoms with van der Waals surface area (Å²) in [5.74, 6) is -1.03. The minimum absolute atomic E-state index is 0.0478. The number of carboxylic acid groups (broad SMARTS) is 1. The fourth-order valence-electron chi connectivity index (χ4n) is 4.11. The number of rotatable bonds is 5. The number of hydrogen-bond donors (Lipinski definition) is 1. The zero-order valence-electron chi connectivity index (χ0n) is 14.6. The standard InChI is InChI=1S/C18H24N2O5/c1-12-14(4-3-8-19-12)17(23)20-9-7-18(24-2)6-5-13(10-15(18)20)25-11-16(21)22/h3-4,8,13,15H,5-7,9-11H2,1-2H3,(H,21,22)/t13-,15-,18+/m0/s1. The van der Waals surface area contributed by atoms with Crippen molar-refractivity contribution in [3.8, 4) is 0 Å². The molecule has 25 heavy (non-hydrogen) atoms. The Morgan fingerprint density at radius 3 is 2.92 bits per heavy atom. The average molecular weight is 348 g/mol. The number of aliphatic carboxylic acids is 1. The van der Waals surface area contributed by atoms with Crippen LogP contribution in [0.3, 0.4) is 0 Å². The van der Waals surface area contributed by atoms with Crippen LogP contribution in [-0.4, -0.2) is 64.9 Å². The fourth-order valence-corrected chi connectivity index (χ4v) is 4.11. The molecular weight excluding hydrogens is 324 g/mol. The van der Waals surface area contributed by atoms with Crippen LogP contribution in [0.25, 0.3) is 0 Å². The molecule has 0 spiro atoms. The van der Waals surface area contributed by atoms with Gasteiger partial charge in [0, 0.05) is 25.5 Å². The van der Waals surface area contributed by atoms with Gasteiger partial charge in [-0.3, -0.25) is 9.78 Å². The number of amides is 1. The van der Waals surface area contributed by atoms with Gasteiger partial charge in [-0.2, -0.15) is 0 Å². The zero-order valence-corrected chi connectivity index (χ0v) is 14.6. The summed E-state index contributed by atoms with van der Waals surface area (Å²) in [6.07, 6.45) is 4.37. The molecule has 1 N–H and O–H groups in total. The minimum Gasteiger partial charge on any atom is -0.480 e. The Balaban J connectivity index is 1.80. The van der Waals surface area contributed by atoms with Crippen LogP contribution in [0.15, 0.2) is 18.3 Å². The molecule has 1 saturated carbocycles. The SMILES string of the molecule is CO[C@@]12CC[C@H](OCC(=O)O)C[C@@H]1N(C(=O)c1cccnc1C)CC2. The van der Waals surface area contributed by atoms with Gasteiger partial charge < -0.3 is 19.5 Å². The van der Waals surface area contributed by atoms with E-state index in [1.54, 1.807) is 25.4 Å². The van der Waals surface area contributed by atoms with Crippen molar-refractivity contribution in [2.45, 2.75) is 50.4 Å². The van der Waals surface area contributed by atoms with Crippen molar-refractivity contribution in [3.05, 3.63) is 29.6 Å². The topological polar surface area (TPSA) is 89.0 Å². The molecule has 3 rings (SSSR count). The highest BCUT2D eigenvalue weighted by molar-refractivity contribution is 5.95.